The third-order valence-corrected chi connectivity index (χ3v) is 4.02. The highest BCUT2D eigenvalue weighted by atomic mass is 16.3. The first kappa shape index (κ1) is 15.2. The lowest BCUT2D eigenvalue weighted by Gasteiger charge is -2.16. The van der Waals surface area contributed by atoms with E-state index in [4.69, 9.17) is 0 Å². The molecule has 0 aliphatic carbocycles. The molecule has 118 valence electrons. The Hall–Kier alpha value is -2.66. The normalized spacial score (nSPS) is 12.3. The van der Waals surface area contributed by atoms with Crippen molar-refractivity contribution in [2.24, 2.45) is 0 Å². The molecule has 2 N–H and O–H groups in total. The van der Waals surface area contributed by atoms with Crippen molar-refractivity contribution in [2.75, 3.05) is 5.32 Å². The van der Waals surface area contributed by atoms with E-state index in [9.17, 15) is 9.90 Å². The summed E-state index contributed by atoms with van der Waals surface area (Å²) < 4.78 is 1.86. The number of carbonyl (C=O) groups is 1. The third kappa shape index (κ3) is 2.96. The Labute approximate surface area is 134 Å². The van der Waals surface area contributed by atoms with Gasteiger partial charge in [0.1, 0.15) is 6.04 Å². The molecule has 3 aromatic rings. The van der Waals surface area contributed by atoms with Crippen LogP contribution in [0.3, 0.4) is 0 Å². The smallest absolute Gasteiger partial charge is 0.247 e. The quantitative estimate of drug-likeness (QED) is 0.778. The van der Waals surface area contributed by atoms with E-state index >= 15 is 0 Å². The number of anilines is 1. The van der Waals surface area contributed by atoms with Gasteiger partial charge in [0.05, 0.1) is 24.0 Å². The average molecular weight is 309 g/mol. The van der Waals surface area contributed by atoms with E-state index in [1.807, 2.05) is 54.8 Å². The molecule has 0 aliphatic rings. The molecule has 1 unspecified atom stereocenters. The Morgan fingerprint density at radius 3 is 2.87 bits per heavy atom. The van der Waals surface area contributed by atoms with E-state index in [0.717, 1.165) is 27.8 Å². The number of aryl methyl sites for hydroxylation is 1. The van der Waals surface area contributed by atoms with Gasteiger partial charge in [-0.05, 0) is 43.2 Å². The van der Waals surface area contributed by atoms with Crippen molar-refractivity contribution in [3.05, 3.63) is 59.9 Å². The number of aliphatic hydroxyl groups is 1. The molecule has 23 heavy (non-hydrogen) atoms. The molecule has 0 aliphatic heterocycles. The lowest BCUT2D eigenvalue weighted by atomic mass is 10.1. The second kappa shape index (κ2) is 6.22. The lowest BCUT2D eigenvalue weighted by Crippen LogP contribution is -2.23. The minimum atomic E-state index is -0.389. The van der Waals surface area contributed by atoms with Crippen molar-refractivity contribution >= 4 is 22.6 Å². The molecule has 1 atom stereocenters. The number of carbonyl (C=O) groups excluding carboxylic acids is 1. The number of aliphatic hydroxyl groups excluding tert-OH is 1. The zero-order chi connectivity index (χ0) is 16.4. The van der Waals surface area contributed by atoms with E-state index in [1.54, 1.807) is 12.4 Å². The van der Waals surface area contributed by atoms with Gasteiger partial charge in [-0.25, -0.2) is 4.98 Å². The Balaban J connectivity index is 1.86. The van der Waals surface area contributed by atoms with Crippen molar-refractivity contribution in [3.8, 4) is 0 Å². The maximum absolute atomic E-state index is 12.6. The van der Waals surface area contributed by atoms with Crippen LogP contribution in [0.4, 0.5) is 5.69 Å². The maximum atomic E-state index is 12.6. The summed E-state index contributed by atoms with van der Waals surface area (Å²) in [6, 6.07) is 12.9. The fourth-order valence-electron chi connectivity index (χ4n) is 2.55. The van der Waals surface area contributed by atoms with Crippen LogP contribution in [0, 0.1) is 6.92 Å². The summed E-state index contributed by atoms with van der Waals surface area (Å²) in [7, 11) is 0. The Kier molecular flexibility index (Phi) is 4.12. The number of benzene rings is 2. The van der Waals surface area contributed by atoms with Crippen LogP contribution in [0.25, 0.3) is 11.0 Å². The van der Waals surface area contributed by atoms with Crippen molar-refractivity contribution in [1.29, 1.82) is 0 Å². The van der Waals surface area contributed by atoms with Crippen LogP contribution >= 0.6 is 0 Å². The molecule has 1 heterocycles. The Morgan fingerprint density at radius 2 is 2.09 bits per heavy atom. The van der Waals surface area contributed by atoms with Crippen LogP contribution in [0.2, 0.25) is 0 Å². The largest absolute Gasteiger partial charge is 0.392 e. The summed E-state index contributed by atoms with van der Waals surface area (Å²) >= 11 is 0. The number of amides is 1. The zero-order valence-corrected chi connectivity index (χ0v) is 13.2. The Bertz CT molecular complexity index is 854. The lowest BCUT2D eigenvalue weighted by molar-refractivity contribution is -0.118. The number of hydrogen-bond donors (Lipinski definition) is 2. The molecule has 2 aromatic carbocycles. The number of imidazole rings is 1. The highest BCUT2D eigenvalue weighted by Gasteiger charge is 2.18. The molecule has 1 amide bonds. The van der Waals surface area contributed by atoms with Gasteiger partial charge in [0.25, 0.3) is 0 Å². The number of fused-ring (bicyclic) bond motifs is 1. The molecule has 1 aromatic heterocycles. The molecule has 5 nitrogen and oxygen atoms in total. The van der Waals surface area contributed by atoms with E-state index < -0.39 is 0 Å². The van der Waals surface area contributed by atoms with E-state index in [2.05, 4.69) is 10.3 Å². The zero-order valence-electron chi connectivity index (χ0n) is 13.2. The highest BCUT2D eigenvalue weighted by Crippen LogP contribution is 2.21. The van der Waals surface area contributed by atoms with E-state index in [0.29, 0.717) is 0 Å². The predicted octanol–water partition coefficient (Wildman–Crippen LogP) is 3.04. The first-order valence-electron chi connectivity index (χ1n) is 7.53. The maximum Gasteiger partial charge on any atom is 0.247 e. The molecule has 0 radical (unpaired) electrons. The summed E-state index contributed by atoms with van der Waals surface area (Å²) in [6.45, 7) is 3.72. The van der Waals surface area contributed by atoms with Gasteiger partial charge in [0.15, 0.2) is 0 Å². The van der Waals surface area contributed by atoms with Gasteiger partial charge in [-0.15, -0.1) is 0 Å². The SMILES string of the molecule is Cc1ccc(CO)cc1NC(=O)C(C)n1cnc2ccccc21. The van der Waals surface area contributed by atoms with E-state index in [1.165, 1.54) is 0 Å². The topological polar surface area (TPSA) is 67.2 Å². The van der Waals surface area contributed by atoms with Crippen molar-refractivity contribution in [2.45, 2.75) is 26.5 Å². The number of nitrogens with one attached hydrogen (secondary N) is 1. The minimum Gasteiger partial charge on any atom is -0.392 e. The average Bonchev–Trinajstić information content (AvgIpc) is 3.00. The minimum absolute atomic E-state index is 0.0507. The van der Waals surface area contributed by atoms with Crippen LogP contribution in [-0.4, -0.2) is 20.6 Å². The van der Waals surface area contributed by atoms with Crippen LogP contribution < -0.4 is 5.32 Å². The Morgan fingerprint density at radius 1 is 1.30 bits per heavy atom. The van der Waals surface area contributed by atoms with Gasteiger partial charge in [-0.2, -0.15) is 0 Å². The van der Waals surface area contributed by atoms with Gasteiger partial charge in [-0.1, -0.05) is 24.3 Å². The van der Waals surface area contributed by atoms with Crippen LogP contribution in [-0.2, 0) is 11.4 Å². The fraction of sp³-hybridized carbons (Fsp3) is 0.222. The number of rotatable bonds is 4. The molecular formula is C18H19N3O2. The van der Waals surface area contributed by atoms with Crippen molar-refractivity contribution in [3.63, 3.8) is 0 Å². The van der Waals surface area contributed by atoms with E-state index in [-0.39, 0.29) is 18.6 Å². The fourth-order valence-corrected chi connectivity index (χ4v) is 2.55. The molecule has 3 rings (SSSR count). The standard InChI is InChI=1S/C18H19N3O2/c1-12-7-8-14(10-22)9-16(12)20-18(23)13(2)21-11-19-15-5-3-4-6-17(15)21/h3-9,11,13,22H,10H2,1-2H3,(H,20,23). The van der Waals surface area contributed by atoms with Gasteiger partial charge in [0.2, 0.25) is 5.91 Å². The summed E-state index contributed by atoms with van der Waals surface area (Å²) in [6.07, 6.45) is 1.69. The van der Waals surface area contributed by atoms with Crippen molar-refractivity contribution in [1.82, 2.24) is 9.55 Å². The second-order valence-corrected chi connectivity index (χ2v) is 5.61. The number of nitrogens with zero attached hydrogens (tertiary/aromatic N) is 2. The van der Waals surface area contributed by atoms with Gasteiger partial charge >= 0.3 is 0 Å². The first-order chi connectivity index (χ1) is 11.1. The van der Waals surface area contributed by atoms with Gasteiger partial charge < -0.3 is 15.0 Å². The van der Waals surface area contributed by atoms with Gasteiger partial charge in [-0.3, -0.25) is 4.79 Å². The number of aromatic nitrogens is 2. The summed E-state index contributed by atoms with van der Waals surface area (Å²) in [5, 5.41) is 12.2. The summed E-state index contributed by atoms with van der Waals surface area (Å²) in [5.74, 6) is -0.119. The predicted molar refractivity (Wildman–Crippen MR) is 90.2 cm³/mol. The molecule has 5 heteroatoms. The summed E-state index contributed by atoms with van der Waals surface area (Å²) in [4.78, 5) is 16.9. The van der Waals surface area contributed by atoms with Gasteiger partial charge in [0, 0.05) is 5.69 Å². The number of hydrogen-bond acceptors (Lipinski definition) is 3. The first-order valence-corrected chi connectivity index (χ1v) is 7.53. The molecular weight excluding hydrogens is 290 g/mol. The van der Waals surface area contributed by atoms with Crippen molar-refractivity contribution < 1.29 is 9.90 Å². The monoisotopic (exact) mass is 309 g/mol. The summed E-state index contributed by atoms with van der Waals surface area (Å²) in [5.41, 5.74) is 4.24. The van der Waals surface area contributed by atoms with Crippen LogP contribution in [0.5, 0.6) is 0 Å². The van der Waals surface area contributed by atoms with Crippen LogP contribution in [0.15, 0.2) is 48.8 Å². The highest BCUT2D eigenvalue weighted by molar-refractivity contribution is 5.95. The molecule has 0 saturated carbocycles. The molecule has 0 saturated heterocycles. The molecule has 0 fully saturated rings. The third-order valence-electron chi connectivity index (χ3n) is 4.02. The molecule has 0 spiro atoms. The molecule has 0 bridgehead atoms. The van der Waals surface area contributed by atoms with Crippen LogP contribution in [0.1, 0.15) is 24.1 Å². The number of para-hydroxylation sites is 2. The second-order valence-electron chi connectivity index (χ2n) is 5.61.